The molecule has 1 aromatic heterocycles. The van der Waals surface area contributed by atoms with E-state index in [1.54, 1.807) is 18.4 Å². The van der Waals surface area contributed by atoms with Crippen molar-refractivity contribution in [3.63, 3.8) is 0 Å². The van der Waals surface area contributed by atoms with Gasteiger partial charge >= 0.3 is 0 Å². The first-order valence-corrected chi connectivity index (χ1v) is 5.19. The second-order valence-corrected chi connectivity index (χ2v) is 4.24. The van der Waals surface area contributed by atoms with Gasteiger partial charge in [-0.15, -0.1) is 11.3 Å². The minimum Gasteiger partial charge on any atom is -0.497 e. The predicted molar refractivity (Wildman–Crippen MR) is 56.1 cm³/mol. The number of ether oxygens (including phenoxy) is 1. The van der Waals surface area contributed by atoms with Crippen LogP contribution in [0.25, 0.3) is 10.1 Å². The van der Waals surface area contributed by atoms with Crippen molar-refractivity contribution >= 4 is 37.4 Å². The lowest BCUT2D eigenvalue weighted by atomic mass is 10.2. The van der Waals surface area contributed by atoms with E-state index in [0.29, 0.717) is 0 Å². The normalized spacial score (nSPS) is 10.5. The number of rotatable bonds is 1. The number of halogens is 1. The number of hydrogen-bond donors (Lipinski definition) is 0. The Bertz CT molecular complexity index is 408. The standard InChI is InChI=1S/C9H7BrOS/c1-11-6-4-8(10)7-2-3-12-9(7)5-6/h2-5H,1H3. The zero-order chi connectivity index (χ0) is 8.55. The summed E-state index contributed by atoms with van der Waals surface area (Å²) in [5.74, 6) is 0.900. The Hall–Kier alpha value is -0.540. The molecule has 1 aromatic carbocycles. The minimum atomic E-state index is 0.900. The molecule has 2 aromatic rings. The Balaban J connectivity index is 2.75. The topological polar surface area (TPSA) is 9.23 Å². The molecule has 0 radical (unpaired) electrons. The van der Waals surface area contributed by atoms with Gasteiger partial charge in [-0.3, -0.25) is 0 Å². The highest BCUT2D eigenvalue weighted by Crippen LogP contribution is 2.32. The molecule has 3 heteroatoms. The molecule has 12 heavy (non-hydrogen) atoms. The van der Waals surface area contributed by atoms with Crippen molar-refractivity contribution in [3.05, 3.63) is 28.1 Å². The fraction of sp³-hybridized carbons (Fsp3) is 0.111. The Labute approximate surface area is 83.1 Å². The van der Waals surface area contributed by atoms with Gasteiger partial charge in [0, 0.05) is 14.6 Å². The molecule has 2 rings (SSSR count). The summed E-state index contributed by atoms with van der Waals surface area (Å²) in [7, 11) is 1.68. The van der Waals surface area contributed by atoms with Crippen molar-refractivity contribution in [1.82, 2.24) is 0 Å². The van der Waals surface area contributed by atoms with Gasteiger partial charge < -0.3 is 4.74 Å². The van der Waals surface area contributed by atoms with E-state index in [2.05, 4.69) is 27.4 Å². The summed E-state index contributed by atoms with van der Waals surface area (Å²) in [6.45, 7) is 0. The first kappa shape index (κ1) is 8.08. The highest BCUT2D eigenvalue weighted by atomic mass is 79.9. The lowest BCUT2D eigenvalue weighted by Gasteiger charge is -2.00. The molecule has 0 bridgehead atoms. The molecule has 0 aliphatic heterocycles. The van der Waals surface area contributed by atoms with Crippen molar-refractivity contribution in [2.24, 2.45) is 0 Å². The van der Waals surface area contributed by atoms with Crippen molar-refractivity contribution < 1.29 is 4.74 Å². The Kier molecular flexibility index (Phi) is 2.07. The zero-order valence-electron chi connectivity index (χ0n) is 6.50. The monoisotopic (exact) mass is 242 g/mol. The van der Waals surface area contributed by atoms with E-state index in [9.17, 15) is 0 Å². The summed E-state index contributed by atoms with van der Waals surface area (Å²) in [6.07, 6.45) is 0. The maximum Gasteiger partial charge on any atom is 0.121 e. The van der Waals surface area contributed by atoms with Gasteiger partial charge in [0.2, 0.25) is 0 Å². The fourth-order valence-electron chi connectivity index (χ4n) is 1.12. The smallest absolute Gasteiger partial charge is 0.121 e. The molecule has 1 heterocycles. The summed E-state index contributed by atoms with van der Waals surface area (Å²) >= 11 is 5.22. The van der Waals surface area contributed by atoms with E-state index in [1.165, 1.54) is 10.1 Å². The molecule has 0 spiro atoms. The average Bonchev–Trinajstić information content (AvgIpc) is 2.52. The van der Waals surface area contributed by atoms with E-state index in [1.807, 2.05) is 12.1 Å². The molecule has 0 aliphatic carbocycles. The number of fused-ring (bicyclic) bond motifs is 1. The van der Waals surface area contributed by atoms with Gasteiger partial charge in [0.1, 0.15) is 5.75 Å². The van der Waals surface area contributed by atoms with Crippen LogP contribution >= 0.6 is 27.3 Å². The maximum atomic E-state index is 5.15. The largest absolute Gasteiger partial charge is 0.497 e. The Morgan fingerprint density at radius 3 is 3.00 bits per heavy atom. The van der Waals surface area contributed by atoms with Crippen LogP contribution in [0.4, 0.5) is 0 Å². The molecule has 0 aliphatic rings. The van der Waals surface area contributed by atoms with Crippen LogP contribution in [0, 0.1) is 0 Å². The van der Waals surface area contributed by atoms with E-state index in [0.717, 1.165) is 10.2 Å². The Morgan fingerprint density at radius 1 is 1.42 bits per heavy atom. The lowest BCUT2D eigenvalue weighted by Crippen LogP contribution is -1.81. The third kappa shape index (κ3) is 1.23. The summed E-state index contributed by atoms with van der Waals surface area (Å²) in [5.41, 5.74) is 0. The first-order chi connectivity index (χ1) is 5.81. The molecule has 0 N–H and O–H groups in total. The maximum absolute atomic E-state index is 5.15. The molecule has 1 nitrogen and oxygen atoms in total. The van der Waals surface area contributed by atoms with Crippen LogP contribution in [-0.2, 0) is 0 Å². The number of benzene rings is 1. The van der Waals surface area contributed by atoms with Crippen LogP contribution in [0.15, 0.2) is 28.1 Å². The summed E-state index contributed by atoms with van der Waals surface area (Å²) in [4.78, 5) is 0. The van der Waals surface area contributed by atoms with Crippen LogP contribution in [-0.4, -0.2) is 7.11 Å². The van der Waals surface area contributed by atoms with Crippen molar-refractivity contribution in [2.45, 2.75) is 0 Å². The average molecular weight is 243 g/mol. The van der Waals surface area contributed by atoms with E-state index < -0.39 is 0 Å². The van der Waals surface area contributed by atoms with Crippen LogP contribution in [0.2, 0.25) is 0 Å². The molecule has 0 saturated carbocycles. The number of hydrogen-bond acceptors (Lipinski definition) is 2. The van der Waals surface area contributed by atoms with Crippen molar-refractivity contribution in [2.75, 3.05) is 7.11 Å². The highest BCUT2D eigenvalue weighted by Gasteiger charge is 2.02. The van der Waals surface area contributed by atoms with Crippen LogP contribution < -0.4 is 4.74 Å². The van der Waals surface area contributed by atoms with Crippen LogP contribution in [0.3, 0.4) is 0 Å². The van der Waals surface area contributed by atoms with Gasteiger partial charge in [0.25, 0.3) is 0 Å². The van der Waals surface area contributed by atoms with Gasteiger partial charge in [0.15, 0.2) is 0 Å². The zero-order valence-corrected chi connectivity index (χ0v) is 8.91. The molecule has 0 amide bonds. The second kappa shape index (κ2) is 3.07. The molecule has 0 atom stereocenters. The minimum absolute atomic E-state index is 0.900. The number of methoxy groups -OCH3 is 1. The first-order valence-electron chi connectivity index (χ1n) is 3.52. The van der Waals surface area contributed by atoms with Crippen LogP contribution in [0.1, 0.15) is 0 Å². The lowest BCUT2D eigenvalue weighted by molar-refractivity contribution is 0.415. The third-order valence-corrected chi connectivity index (χ3v) is 3.25. The highest BCUT2D eigenvalue weighted by molar-refractivity contribution is 9.10. The molecule has 0 unspecified atom stereocenters. The third-order valence-electron chi connectivity index (χ3n) is 1.73. The van der Waals surface area contributed by atoms with Gasteiger partial charge in [-0.1, -0.05) is 0 Å². The molecular formula is C9H7BrOS. The van der Waals surface area contributed by atoms with E-state index in [4.69, 9.17) is 4.74 Å². The van der Waals surface area contributed by atoms with Gasteiger partial charge in [-0.25, -0.2) is 0 Å². The summed E-state index contributed by atoms with van der Waals surface area (Å²) < 4.78 is 7.50. The Morgan fingerprint density at radius 2 is 2.25 bits per heavy atom. The van der Waals surface area contributed by atoms with Gasteiger partial charge in [0.05, 0.1) is 7.11 Å². The number of thiophene rings is 1. The summed E-state index contributed by atoms with van der Waals surface area (Å²) in [5, 5.41) is 3.33. The quantitative estimate of drug-likeness (QED) is 0.742. The molecular weight excluding hydrogens is 236 g/mol. The molecule has 62 valence electrons. The van der Waals surface area contributed by atoms with Gasteiger partial charge in [-0.2, -0.15) is 0 Å². The molecule has 0 saturated heterocycles. The fourth-order valence-corrected chi connectivity index (χ4v) is 2.66. The predicted octanol–water partition coefficient (Wildman–Crippen LogP) is 3.67. The van der Waals surface area contributed by atoms with Crippen molar-refractivity contribution in [1.29, 1.82) is 0 Å². The second-order valence-electron chi connectivity index (χ2n) is 2.44. The summed E-state index contributed by atoms with van der Waals surface area (Å²) in [6, 6.07) is 6.13. The van der Waals surface area contributed by atoms with Gasteiger partial charge in [-0.05, 0) is 39.5 Å². The van der Waals surface area contributed by atoms with E-state index >= 15 is 0 Å². The van der Waals surface area contributed by atoms with Crippen molar-refractivity contribution in [3.8, 4) is 5.75 Å². The molecule has 0 fully saturated rings. The van der Waals surface area contributed by atoms with E-state index in [-0.39, 0.29) is 0 Å². The SMILES string of the molecule is COc1cc(Br)c2ccsc2c1. The van der Waals surface area contributed by atoms with Crippen LogP contribution in [0.5, 0.6) is 5.75 Å².